The van der Waals surface area contributed by atoms with Gasteiger partial charge in [0.25, 0.3) is 0 Å². The highest BCUT2D eigenvalue weighted by molar-refractivity contribution is 7.89. The van der Waals surface area contributed by atoms with Crippen molar-refractivity contribution in [2.45, 2.75) is 56.5 Å². The van der Waals surface area contributed by atoms with Crippen molar-refractivity contribution in [2.75, 3.05) is 11.9 Å². The molecule has 1 aliphatic rings. The lowest BCUT2D eigenvalue weighted by atomic mass is 10.1. The highest BCUT2D eigenvalue weighted by atomic mass is 32.2. The quantitative estimate of drug-likeness (QED) is 0.709. The number of sulfonamides is 1. The van der Waals surface area contributed by atoms with Gasteiger partial charge in [-0.3, -0.25) is 9.59 Å². The molecule has 3 rings (SSSR count). The monoisotopic (exact) mass is 449 g/mol. The van der Waals surface area contributed by atoms with Crippen molar-refractivity contribution < 1.29 is 18.0 Å². The van der Waals surface area contributed by atoms with Crippen LogP contribution in [0.4, 0.5) is 5.69 Å². The first-order valence-electron chi connectivity index (χ1n) is 9.82. The van der Waals surface area contributed by atoms with Crippen molar-refractivity contribution in [3.05, 3.63) is 46.7 Å². The molecule has 9 heteroatoms. The molecule has 2 heterocycles. The molecule has 0 bridgehead atoms. The summed E-state index contributed by atoms with van der Waals surface area (Å²) >= 11 is 1.52. The van der Waals surface area contributed by atoms with Crippen LogP contribution >= 0.6 is 11.3 Å². The van der Waals surface area contributed by atoms with Gasteiger partial charge in [-0.15, -0.1) is 11.3 Å². The van der Waals surface area contributed by atoms with E-state index < -0.39 is 21.6 Å². The summed E-state index contributed by atoms with van der Waals surface area (Å²) in [7, 11) is -3.71. The molecule has 30 heavy (non-hydrogen) atoms. The molecule has 7 nitrogen and oxygen atoms in total. The minimum atomic E-state index is -3.71. The van der Waals surface area contributed by atoms with Gasteiger partial charge < -0.3 is 10.2 Å². The smallest absolute Gasteiger partial charge is 0.247 e. The van der Waals surface area contributed by atoms with Crippen molar-refractivity contribution in [1.29, 1.82) is 0 Å². The van der Waals surface area contributed by atoms with E-state index in [1.807, 2.05) is 17.5 Å². The van der Waals surface area contributed by atoms with Crippen LogP contribution in [0.15, 0.2) is 46.7 Å². The summed E-state index contributed by atoms with van der Waals surface area (Å²) in [6.07, 6.45) is 1.64. The van der Waals surface area contributed by atoms with E-state index in [4.69, 9.17) is 0 Å². The molecule has 1 aromatic heterocycles. The van der Waals surface area contributed by atoms with Crippen LogP contribution in [0.25, 0.3) is 0 Å². The van der Waals surface area contributed by atoms with Gasteiger partial charge in [0, 0.05) is 22.6 Å². The Morgan fingerprint density at radius 1 is 1.20 bits per heavy atom. The van der Waals surface area contributed by atoms with E-state index in [1.165, 1.54) is 23.5 Å². The summed E-state index contributed by atoms with van der Waals surface area (Å²) in [4.78, 5) is 28.2. The normalized spacial score (nSPS) is 17.2. The van der Waals surface area contributed by atoms with Crippen molar-refractivity contribution in [3.63, 3.8) is 0 Å². The van der Waals surface area contributed by atoms with Crippen LogP contribution in [0.1, 0.15) is 38.5 Å². The average Bonchev–Trinajstić information content (AvgIpc) is 3.31. The number of rotatable bonds is 6. The van der Waals surface area contributed by atoms with Gasteiger partial charge in [0.2, 0.25) is 21.8 Å². The fraction of sp³-hybridized carbons (Fsp3) is 0.429. The second-order valence-corrected chi connectivity index (χ2v) is 11.1. The number of thiophene rings is 1. The van der Waals surface area contributed by atoms with Crippen LogP contribution in [-0.4, -0.2) is 43.3 Å². The maximum absolute atomic E-state index is 12.9. The summed E-state index contributed by atoms with van der Waals surface area (Å²) in [5, 5.41) is 4.70. The Labute approximate surface area is 181 Å². The van der Waals surface area contributed by atoms with Gasteiger partial charge >= 0.3 is 0 Å². The molecule has 1 aliphatic heterocycles. The predicted molar refractivity (Wildman–Crippen MR) is 118 cm³/mol. The van der Waals surface area contributed by atoms with E-state index in [-0.39, 0.29) is 23.1 Å². The Kier molecular flexibility index (Phi) is 6.64. The number of hydrogen-bond donors (Lipinski definition) is 2. The molecule has 2 N–H and O–H groups in total. The first-order valence-corrected chi connectivity index (χ1v) is 12.2. The molecule has 1 unspecified atom stereocenters. The van der Waals surface area contributed by atoms with Crippen LogP contribution in [0, 0.1) is 0 Å². The molecule has 1 saturated heterocycles. The highest BCUT2D eigenvalue weighted by Crippen LogP contribution is 2.23. The summed E-state index contributed by atoms with van der Waals surface area (Å²) < 4.78 is 27.7. The van der Waals surface area contributed by atoms with Crippen LogP contribution in [-0.2, 0) is 26.0 Å². The van der Waals surface area contributed by atoms with Crippen LogP contribution in [0.3, 0.4) is 0 Å². The molecule has 1 atom stereocenters. The molecule has 1 fully saturated rings. The van der Waals surface area contributed by atoms with Crippen LogP contribution < -0.4 is 10.0 Å². The molecule has 0 aliphatic carbocycles. The maximum atomic E-state index is 12.9. The number of likely N-dealkylation sites (tertiary alicyclic amines) is 1. The Bertz CT molecular complexity index is 1010. The van der Waals surface area contributed by atoms with Gasteiger partial charge in [-0.2, -0.15) is 0 Å². The molecule has 2 amide bonds. The molecule has 1 aromatic carbocycles. The van der Waals surface area contributed by atoms with Crippen molar-refractivity contribution in [3.8, 4) is 0 Å². The lowest BCUT2D eigenvalue weighted by Gasteiger charge is -2.24. The lowest BCUT2D eigenvalue weighted by Crippen LogP contribution is -2.43. The minimum Gasteiger partial charge on any atom is -0.330 e. The Morgan fingerprint density at radius 3 is 2.63 bits per heavy atom. The number of amides is 2. The Morgan fingerprint density at radius 2 is 1.97 bits per heavy atom. The maximum Gasteiger partial charge on any atom is 0.247 e. The zero-order valence-electron chi connectivity index (χ0n) is 17.3. The number of anilines is 1. The summed E-state index contributed by atoms with van der Waals surface area (Å²) in [5.41, 5.74) is -0.236. The van der Waals surface area contributed by atoms with E-state index in [2.05, 4.69) is 10.0 Å². The lowest BCUT2D eigenvalue weighted by molar-refractivity contribution is -0.136. The number of benzene rings is 1. The summed E-state index contributed by atoms with van der Waals surface area (Å²) in [6.45, 7) is 5.83. The molecular formula is C21H27N3O4S2. The Balaban J connectivity index is 1.70. The van der Waals surface area contributed by atoms with Crippen LogP contribution in [0.2, 0.25) is 0 Å². The minimum absolute atomic E-state index is 0.0687. The SMILES string of the molecule is CC(C)(C)NS(=O)(=O)c1cccc(NC(=O)C2CCCN2C(=O)Cc2cccs2)c1. The average molecular weight is 450 g/mol. The van der Waals surface area contributed by atoms with Gasteiger partial charge in [0.15, 0.2) is 0 Å². The summed E-state index contributed by atoms with van der Waals surface area (Å²) in [5.74, 6) is -0.369. The molecule has 2 aromatic rings. The summed E-state index contributed by atoms with van der Waals surface area (Å²) in [6, 6.07) is 9.39. The zero-order chi connectivity index (χ0) is 21.9. The van der Waals surface area contributed by atoms with Gasteiger partial charge in [-0.05, 0) is 63.3 Å². The van der Waals surface area contributed by atoms with E-state index in [0.29, 0.717) is 18.7 Å². The standard InChI is InChI=1S/C21H27N3O4S2/c1-21(2,3)23-30(27,28)17-9-4-7-15(13-17)22-20(26)18-10-5-11-24(18)19(25)14-16-8-6-12-29-16/h4,6-9,12-13,18,23H,5,10-11,14H2,1-3H3,(H,22,26). The number of carbonyl (C=O) groups is 2. The molecular weight excluding hydrogens is 422 g/mol. The number of hydrogen-bond acceptors (Lipinski definition) is 5. The topological polar surface area (TPSA) is 95.6 Å². The molecule has 0 saturated carbocycles. The largest absolute Gasteiger partial charge is 0.330 e. The Hall–Kier alpha value is -2.23. The number of nitrogens with one attached hydrogen (secondary N) is 2. The van der Waals surface area contributed by atoms with Gasteiger partial charge in [0.05, 0.1) is 11.3 Å². The van der Waals surface area contributed by atoms with Gasteiger partial charge in [-0.1, -0.05) is 12.1 Å². The predicted octanol–water partition coefficient (Wildman–Crippen LogP) is 3.00. The second-order valence-electron chi connectivity index (χ2n) is 8.37. The second kappa shape index (κ2) is 8.87. The third-order valence-corrected chi connectivity index (χ3v) is 7.27. The van der Waals surface area contributed by atoms with Crippen molar-refractivity contribution in [2.24, 2.45) is 0 Å². The highest BCUT2D eigenvalue weighted by Gasteiger charge is 2.34. The zero-order valence-corrected chi connectivity index (χ0v) is 19.0. The molecule has 0 radical (unpaired) electrons. The van der Waals surface area contributed by atoms with Gasteiger partial charge in [0.1, 0.15) is 6.04 Å². The first kappa shape index (κ1) is 22.5. The third-order valence-electron chi connectivity index (χ3n) is 4.63. The third kappa shape index (κ3) is 5.68. The van der Waals surface area contributed by atoms with E-state index in [1.54, 1.807) is 37.8 Å². The van der Waals surface area contributed by atoms with Crippen molar-refractivity contribution >= 4 is 38.9 Å². The number of nitrogens with zero attached hydrogens (tertiary/aromatic N) is 1. The fourth-order valence-corrected chi connectivity index (χ4v) is 5.59. The first-order chi connectivity index (χ1) is 14.0. The fourth-order valence-electron chi connectivity index (χ4n) is 3.43. The van der Waals surface area contributed by atoms with E-state index in [9.17, 15) is 18.0 Å². The molecule has 162 valence electrons. The molecule has 0 spiro atoms. The number of carbonyl (C=O) groups excluding carboxylic acids is 2. The van der Waals surface area contributed by atoms with Crippen LogP contribution in [0.5, 0.6) is 0 Å². The van der Waals surface area contributed by atoms with Crippen molar-refractivity contribution in [1.82, 2.24) is 9.62 Å². The van der Waals surface area contributed by atoms with E-state index >= 15 is 0 Å². The van der Waals surface area contributed by atoms with Gasteiger partial charge in [-0.25, -0.2) is 13.1 Å². The van der Waals surface area contributed by atoms with E-state index in [0.717, 1.165) is 11.3 Å².